The molecule has 2 saturated heterocycles. The van der Waals surface area contributed by atoms with E-state index in [4.69, 9.17) is 25.1 Å². The number of carboxylic acid groups (broad SMARTS) is 2. The van der Waals surface area contributed by atoms with Crippen molar-refractivity contribution in [1.82, 2.24) is 13.6 Å². The Morgan fingerprint density at radius 1 is 1.27 bits per heavy atom. The molecular weight excluding hydrogens is 376 g/mol. The Hall–Kier alpha value is -1.70. The summed E-state index contributed by atoms with van der Waals surface area (Å²) < 4.78 is 9.11. The SMILES string of the molecule is N#CCCCCSc1nsnc1C1CN2CCCC1C2.O=C(O)C(=O)O. The molecule has 3 atom stereocenters. The summed E-state index contributed by atoms with van der Waals surface area (Å²) in [6.45, 7) is 3.70. The highest BCUT2D eigenvalue weighted by Crippen LogP contribution is 2.41. The van der Waals surface area contributed by atoms with Crippen LogP contribution >= 0.6 is 23.5 Å². The van der Waals surface area contributed by atoms with Crippen molar-refractivity contribution in [2.24, 2.45) is 5.92 Å². The number of thioether (sulfide) groups is 1. The number of piperidine rings is 1. The fourth-order valence-electron chi connectivity index (χ4n) is 3.31. The van der Waals surface area contributed by atoms with Gasteiger partial charge in [0.2, 0.25) is 0 Å². The summed E-state index contributed by atoms with van der Waals surface area (Å²) in [5, 5.41) is 24.5. The molecule has 2 aliphatic heterocycles. The van der Waals surface area contributed by atoms with Gasteiger partial charge >= 0.3 is 11.9 Å². The standard InChI is InChI=1S/C14H20N4S2.C2H2O4/c15-6-2-1-3-8-19-14-13(16-20-17-14)12-10-18-7-4-5-11(12)9-18;3-1(4)2(5)6/h11-12H,1-5,7-10H2;(H,3,4)(H,5,6). The van der Waals surface area contributed by atoms with E-state index in [1.54, 1.807) is 0 Å². The Morgan fingerprint density at radius 2 is 2.04 bits per heavy atom. The summed E-state index contributed by atoms with van der Waals surface area (Å²) in [4.78, 5) is 20.8. The highest BCUT2D eigenvalue weighted by Gasteiger charge is 2.38. The molecule has 2 fully saturated rings. The number of nitrogens with zero attached hydrogens (tertiary/aromatic N) is 4. The van der Waals surface area contributed by atoms with Crippen LogP contribution in [0.5, 0.6) is 0 Å². The van der Waals surface area contributed by atoms with Crippen molar-refractivity contribution in [3.05, 3.63) is 5.69 Å². The lowest BCUT2D eigenvalue weighted by Gasteiger charge is -2.21. The molecular formula is C16H22N4O4S2. The summed E-state index contributed by atoms with van der Waals surface area (Å²) in [7, 11) is 0. The van der Waals surface area contributed by atoms with E-state index in [0.29, 0.717) is 12.3 Å². The number of rotatable bonds is 6. The summed E-state index contributed by atoms with van der Waals surface area (Å²) in [5.41, 5.74) is 1.26. The average molecular weight is 399 g/mol. The van der Waals surface area contributed by atoms with Gasteiger partial charge in [-0.25, -0.2) is 9.59 Å². The molecule has 3 unspecified atom stereocenters. The van der Waals surface area contributed by atoms with Crippen LogP contribution in [0.25, 0.3) is 0 Å². The third kappa shape index (κ3) is 5.93. The second kappa shape index (κ2) is 10.4. The number of hydrogen-bond acceptors (Lipinski definition) is 8. The minimum absolute atomic E-state index is 0.609. The van der Waals surface area contributed by atoms with Crippen molar-refractivity contribution in [2.45, 2.75) is 43.0 Å². The number of unbranched alkanes of at least 4 members (excludes halogenated alkanes) is 2. The molecule has 0 amide bonds. The van der Waals surface area contributed by atoms with Gasteiger partial charge in [0.05, 0.1) is 23.5 Å². The smallest absolute Gasteiger partial charge is 0.414 e. The zero-order valence-electron chi connectivity index (χ0n) is 14.3. The molecule has 26 heavy (non-hydrogen) atoms. The van der Waals surface area contributed by atoms with Crippen LogP contribution in [-0.2, 0) is 9.59 Å². The minimum Gasteiger partial charge on any atom is -0.473 e. The molecule has 3 heterocycles. The molecule has 3 rings (SSSR count). The van der Waals surface area contributed by atoms with Crippen molar-refractivity contribution in [2.75, 3.05) is 25.4 Å². The number of aromatic nitrogens is 2. The van der Waals surface area contributed by atoms with Gasteiger partial charge in [-0.15, -0.1) is 11.8 Å². The number of carboxylic acids is 2. The van der Waals surface area contributed by atoms with Crippen molar-refractivity contribution in [3.8, 4) is 6.07 Å². The molecule has 0 aromatic carbocycles. The largest absolute Gasteiger partial charge is 0.473 e. The highest BCUT2D eigenvalue weighted by molar-refractivity contribution is 7.99. The number of aliphatic carboxylic acids is 2. The van der Waals surface area contributed by atoms with E-state index >= 15 is 0 Å². The maximum Gasteiger partial charge on any atom is 0.414 e. The van der Waals surface area contributed by atoms with Gasteiger partial charge in [0.15, 0.2) is 0 Å². The topological polar surface area (TPSA) is 127 Å². The highest BCUT2D eigenvalue weighted by atomic mass is 32.2. The second-order valence-corrected chi connectivity index (χ2v) is 7.91. The first-order chi connectivity index (χ1) is 12.5. The minimum atomic E-state index is -1.82. The van der Waals surface area contributed by atoms with Gasteiger partial charge in [-0.05, 0) is 43.9 Å². The van der Waals surface area contributed by atoms with Gasteiger partial charge in [-0.3, -0.25) is 0 Å². The van der Waals surface area contributed by atoms with Crippen molar-refractivity contribution < 1.29 is 19.8 Å². The lowest BCUT2D eigenvalue weighted by Crippen LogP contribution is -2.25. The molecule has 142 valence electrons. The van der Waals surface area contributed by atoms with Crippen LogP contribution in [-0.4, -0.2) is 61.2 Å². The molecule has 8 nitrogen and oxygen atoms in total. The lowest BCUT2D eigenvalue weighted by atomic mass is 9.89. The van der Waals surface area contributed by atoms with Crippen LogP contribution in [0.4, 0.5) is 0 Å². The summed E-state index contributed by atoms with van der Waals surface area (Å²) in [6, 6.07) is 2.20. The third-order valence-electron chi connectivity index (χ3n) is 4.50. The van der Waals surface area contributed by atoms with Crippen LogP contribution in [0.15, 0.2) is 5.03 Å². The van der Waals surface area contributed by atoms with Gasteiger partial charge in [0, 0.05) is 25.4 Å². The zero-order chi connectivity index (χ0) is 18.9. The van der Waals surface area contributed by atoms with E-state index in [2.05, 4.69) is 19.7 Å². The second-order valence-electron chi connectivity index (χ2n) is 6.30. The van der Waals surface area contributed by atoms with E-state index in [0.717, 1.165) is 29.5 Å². The van der Waals surface area contributed by atoms with Gasteiger partial charge < -0.3 is 15.1 Å². The Balaban J connectivity index is 0.000000352. The van der Waals surface area contributed by atoms with Crippen molar-refractivity contribution in [3.63, 3.8) is 0 Å². The number of carbonyl (C=O) groups is 2. The van der Waals surface area contributed by atoms with Crippen molar-refractivity contribution in [1.29, 1.82) is 5.26 Å². The van der Waals surface area contributed by atoms with Crippen LogP contribution in [0.3, 0.4) is 0 Å². The average Bonchev–Trinajstić information content (AvgIpc) is 3.19. The number of fused-ring (bicyclic) bond motifs is 2. The molecule has 0 aliphatic carbocycles. The summed E-state index contributed by atoms with van der Waals surface area (Å²) >= 11 is 3.20. The van der Waals surface area contributed by atoms with E-state index in [-0.39, 0.29) is 0 Å². The predicted octanol–water partition coefficient (Wildman–Crippen LogP) is 2.29. The van der Waals surface area contributed by atoms with E-state index in [1.165, 1.54) is 49.9 Å². The molecule has 2 aliphatic rings. The summed E-state index contributed by atoms with van der Waals surface area (Å²) in [6.07, 6.45) is 5.45. The van der Waals surface area contributed by atoms with E-state index in [9.17, 15) is 0 Å². The monoisotopic (exact) mass is 398 g/mol. The Kier molecular flexibility index (Phi) is 8.28. The van der Waals surface area contributed by atoms with Crippen LogP contribution < -0.4 is 0 Å². The fourth-order valence-corrected chi connectivity index (χ4v) is 5.09. The predicted molar refractivity (Wildman–Crippen MR) is 97.3 cm³/mol. The first-order valence-corrected chi connectivity index (χ1v) is 10.2. The van der Waals surface area contributed by atoms with Crippen LogP contribution in [0.1, 0.15) is 43.7 Å². The maximum atomic E-state index is 9.10. The van der Waals surface area contributed by atoms with Gasteiger partial charge in [-0.1, -0.05) is 0 Å². The van der Waals surface area contributed by atoms with Crippen LogP contribution in [0.2, 0.25) is 0 Å². The zero-order valence-corrected chi connectivity index (χ0v) is 16.0. The van der Waals surface area contributed by atoms with E-state index in [1.807, 2.05) is 11.8 Å². The fraction of sp³-hybridized carbons (Fsp3) is 0.688. The quantitative estimate of drug-likeness (QED) is 0.421. The first-order valence-electron chi connectivity index (χ1n) is 8.53. The Morgan fingerprint density at radius 3 is 2.69 bits per heavy atom. The first kappa shape index (κ1) is 20.6. The molecule has 0 spiro atoms. The maximum absolute atomic E-state index is 9.10. The Labute approximate surface area is 160 Å². The molecule has 10 heteroatoms. The normalized spacial score (nSPS) is 23.6. The molecule has 2 N–H and O–H groups in total. The number of nitriles is 1. The molecule has 2 bridgehead atoms. The number of hydrogen-bond donors (Lipinski definition) is 2. The van der Waals surface area contributed by atoms with Gasteiger partial charge in [-0.2, -0.15) is 14.0 Å². The van der Waals surface area contributed by atoms with Crippen molar-refractivity contribution >= 4 is 35.4 Å². The molecule has 1 aromatic rings. The van der Waals surface area contributed by atoms with E-state index < -0.39 is 11.9 Å². The van der Waals surface area contributed by atoms with Crippen LogP contribution in [0, 0.1) is 17.2 Å². The molecule has 0 saturated carbocycles. The molecule has 1 aromatic heterocycles. The third-order valence-corrected chi connectivity index (χ3v) is 6.23. The Bertz CT molecular complexity index is 649. The van der Waals surface area contributed by atoms with Gasteiger partial charge in [0.1, 0.15) is 5.03 Å². The summed E-state index contributed by atoms with van der Waals surface area (Å²) in [5.74, 6) is -1.19. The molecule has 0 radical (unpaired) electrons. The lowest BCUT2D eigenvalue weighted by molar-refractivity contribution is -0.159. The van der Waals surface area contributed by atoms with Gasteiger partial charge in [0.25, 0.3) is 0 Å².